The van der Waals surface area contributed by atoms with Gasteiger partial charge in [0.25, 0.3) is 0 Å². The lowest BCUT2D eigenvalue weighted by atomic mass is 10.2. The number of halogens is 2. The maximum atomic E-state index is 13.2. The number of aryl methyl sites for hydroxylation is 1. The molecule has 0 fully saturated rings. The van der Waals surface area contributed by atoms with Crippen molar-refractivity contribution in [2.24, 2.45) is 0 Å². The van der Waals surface area contributed by atoms with Gasteiger partial charge >= 0.3 is 0 Å². The van der Waals surface area contributed by atoms with Gasteiger partial charge in [0.15, 0.2) is 17.5 Å². The van der Waals surface area contributed by atoms with Gasteiger partial charge in [-0.3, -0.25) is 5.10 Å². The van der Waals surface area contributed by atoms with Crippen LogP contribution in [-0.2, 0) is 0 Å². The van der Waals surface area contributed by atoms with Gasteiger partial charge in [-0.2, -0.15) is 5.10 Å². The quantitative estimate of drug-likeness (QED) is 0.711. The first kappa shape index (κ1) is 16.9. The molecule has 0 saturated carbocycles. The Labute approximate surface area is 144 Å². The number of hydrogen-bond donors (Lipinski definition) is 2. The molecule has 1 aromatic heterocycles. The van der Waals surface area contributed by atoms with Crippen LogP contribution in [0.2, 0.25) is 0 Å². The third-order valence-electron chi connectivity index (χ3n) is 3.52. The van der Waals surface area contributed by atoms with Gasteiger partial charge in [-0.05, 0) is 38.1 Å². The molecule has 130 valence electrons. The number of H-pyrrole nitrogens is 1. The van der Waals surface area contributed by atoms with Gasteiger partial charge in [-0.1, -0.05) is 12.1 Å². The summed E-state index contributed by atoms with van der Waals surface area (Å²) in [6.45, 7) is 4.08. The molecule has 25 heavy (non-hydrogen) atoms. The summed E-state index contributed by atoms with van der Waals surface area (Å²) in [5.41, 5.74) is 1.78. The Kier molecular flexibility index (Phi) is 4.92. The van der Waals surface area contributed by atoms with Crippen LogP contribution in [0.5, 0.6) is 5.75 Å². The highest BCUT2D eigenvalue weighted by molar-refractivity contribution is 5.62. The largest absolute Gasteiger partial charge is 0.491 e. The third-order valence-corrected chi connectivity index (χ3v) is 3.52. The molecule has 0 amide bonds. The first-order valence-corrected chi connectivity index (χ1v) is 7.85. The molecule has 2 N–H and O–H groups in total. The normalized spacial score (nSPS) is 12.0. The second-order valence-corrected chi connectivity index (χ2v) is 5.76. The number of hydrogen-bond acceptors (Lipinski definition) is 4. The molecule has 0 bridgehead atoms. The van der Waals surface area contributed by atoms with E-state index in [0.29, 0.717) is 12.4 Å². The lowest BCUT2D eigenvalue weighted by molar-refractivity contribution is 0.301. The van der Waals surface area contributed by atoms with Crippen LogP contribution in [0.15, 0.2) is 42.5 Å². The number of nitrogens with zero attached hydrogens (tertiary/aromatic N) is 2. The van der Waals surface area contributed by atoms with Gasteiger partial charge in [0, 0.05) is 17.3 Å². The molecule has 1 heterocycles. The highest BCUT2D eigenvalue weighted by atomic mass is 19.2. The fraction of sp³-hybridized carbons (Fsp3) is 0.222. The van der Waals surface area contributed by atoms with Gasteiger partial charge in [-0.15, -0.1) is 0 Å². The molecule has 0 radical (unpaired) electrons. The van der Waals surface area contributed by atoms with Crippen molar-refractivity contribution in [3.8, 4) is 17.1 Å². The SMILES string of the molecule is Cc1nc(-c2cccc(NC(C)COc3ccc(F)c(F)c3)c2)n[nH]1. The van der Waals surface area contributed by atoms with E-state index in [-0.39, 0.29) is 11.8 Å². The van der Waals surface area contributed by atoms with E-state index in [4.69, 9.17) is 4.74 Å². The van der Waals surface area contributed by atoms with E-state index in [1.54, 1.807) is 0 Å². The van der Waals surface area contributed by atoms with Gasteiger partial charge < -0.3 is 10.1 Å². The fourth-order valence-corrected chi connectivity index (χ4v) is 2.33. The predicted octanol–water partition coefficient (Wildman–Crippen LogP) is 3.94. The number of benzene rings is 2. The summed E-state index contributed by atoms with van der Waals surface area (Å²) in [7, 11) is 0. The van der Waals surface area contributed by atoms with Gasteiger partial charge in [0.1, 0.15) is 18.2 Å². The Morgan fingerprint density at radius 3 is 2.72 bits per heavy atom. The summed E-state index contributed by atoms with van der Waals surface area (Å²) < 4.78 is 31.6. The number of aromatic amines is 1. The summed E-state index contributed by atoms with van der Waals surface area (Å²) in [6, 6.07) is 11.1. The molecular formula is C18H18F2N4O. The lowest BCUT2D eigenvalue weighted by Crippen LogP contribution is -2.23. The number of rotatable bonds is 6. The Morgan fingerprint density at radius 2 is 2.00 bits per heavy atom. The molecule has 0 aliphatic carbocycles. The maximum absolute atomic E-state index is 13.2. The summed E-state index contributed by atoms with van der Waals surface area (Å²) in [5, 5.41) is 10.3. The topological polar surface area (TPSA) is 62.8 Å². The maximum Gasteiger partial charge on any atom is 0.181 e. The van der Waals surface area contributed by atoms with E-state index >= 15 is 0 Å². The molecule has 2 aromatic carbocycles. The Bertz CT molecular complexity index is 866. The van der Waals surface area contributed by atoms with E-state index in [9.17, 15) is 8.78 Å². The number of ether oxygens (including phenoxy) is 1. The van der Waals surface area contributed by atoms with E-state index < -0.39 is 11.6 Å². The molecule has 0 saturated heterocycles. The van der Waals surface area contributed by atoms with E-state index in [1.165, 1.54) is 6.07 Å². The zero-order chi connectivity index (χ0) is 17.8. The van der Waals surface area contributed by atoms with Crippen molar-refractivity contribution in [2.45, 2.75) is 19.9 Å². The molecule has 1 unspecified atom stereocenters. The molecule has 5 nitrogen and oxygen atoms in total. The average Bonchev–Trinajstić information content (AvgIpc) is 3.03. The Hall–Kier alpha value is -2.96. The standard InChI is InChI=1S/C18H18F2N4O/c1-11(10-25-15-6-7-16(19)17(20)9-15)21-14-5-3-4-13(8-14)18-22-12(2)23-24-18/h3-9,11,21H,10H2,1-2H3,(H,22,23,24). The minimum atomic E-state index is -0.924. The summed E-state index contributed by atoms with van der Waals surface area (Å²) in [4.78, 5) is 4.31. The molecule has 0 aliphatic rings. The second kappa shape index (κ2) is 7.29. The lowest BCUT2D eigenvalue weighted by Gasteiger charge is -2.16. The van der Waals surface area contributed by atoms with Crippen LogP contribution in [0, 0.1) is 18.6 Å². The second-order valence-electron chi connectivity index (χ2n) is 5.76. The van der Waals surface area contributed by atoms with Gasteiger partial charge in [-0.25, -0.2) is 13.8 Å². The monoisotopic (exact) mass is 344 g/mol. The van der Waals surface area contributed by atoms with Crippen molar-refractivity contribution < 1.29 is 13.5 Å². The van der Waals surface area contributed by atoms with Crippen molar-refractivity contribution in [2.75, 3.05) is 11.9 Å². The molecule has 3 rings (SSSR count). The molecule has 0 aliphatic heterocycles. The molecule has 0 spiro atoms. The zero-order valence-electron chi connectivity index (χ0n) is 13.9. The average molecular weight is 344 g/mol. The van der Waals surface area contributed by atoms with Crippen molar-refractivity contribution in [3.05, 3.63) is 59.9 Å². The highest BCUT2D eigenvalue weighted by Gasteiger charge is 2.08. The summed E-state index contributed by atoms with van der Waals surface area (Å²) in [6.07, 6.45) is 0. The number of anilines is 1. The van der Waals surface area contributed by atoms with Crippen molar-refractivity contribution in [1.82, 2.24) is 15.2 Å². The first-order valence-electron chi connectivity index (χ1n) is 7.85. The number of nitrogens with one attached hydrogen (secondary N) is 2. The molecule has 3 aromatic rings. The third kappa shape index (κ3) is 4.32. The molecule has 7 heteroatoms. The van der Waals surface area contributed by atoms with Crippen LogP contribution in [0.1, 0.15) is 12.7 Å². The van der Waals surface area contributed by atoms with Crippen LogP contribution in [0.4, 0.5) is 14.5 Å². The first-order chi connectivity index (χ1) is 12.0. The van der Waals surface area contributed by atoms with Gasteiger partial charge in [0.2, 0.25) is 0 Å². The minimum Gasteiger partial charge on any atom is -0.491 e. The van der Waals surface area contributed by atoms with Gasteiger partial charge in [0.05, 0.1) is 6.04 Å². The van der Waals surface area contributed by atoms with Crippen LogP contribution >= 0.6 is 0 Å². The van der Waals surface area contributed by atoms with Crippen molar-refractivity contribution >= 4 is 5.69 Å². The predicted molar refractivity (Wildman–Crippen MR) is 91.5 cm³/mol. The van der Waals surface area contributed by atoms with Crippen LogP contribution in [0.25, 0.3) is 11.4 Å². The zero-order valence-corrected chi connectivity index (χ0v) is 13.9. The van der Waals surface area contributed by atoms with Crippen LogP contribution in [-0.4, -0.2) is 27.8 Å². The van der Waals surface area contributed by atoms with Crippen molar-refractivity contribution in [1.29, 1.82) is 0 Å². The molecular weight excluding hydrogens is 326 g/mol. The van der Waals surface area contributed by atoms with Crippen molar-refractivity contribution in [3.63, 3.8) is 0 Å². The number of aromatic nitrogens is 3. The van der Waals surface area contributed by atoms with E-state index in [1.807, 2.05) is 38.1 Å². The summed E-state index contributed by atoms with van der Waals surface area (Å²) in [5.74, 6) is -0.142. The minimum absolute atomic E-state index is 0.0442. The summed E-state index contributed by atoms with van der Waals surface area (Å²) >= 11 is 0. The van der Waals surface area contributed by atoms with Crippen LogP contribution < -0.4 is 10.1 Å². The van der Waals surface area contributed by atoms with E-state index in [2.05, 4.69) is 20.5 Å². The highest BCUT2D eigenvalue weighted by Crippen LogP contribution is 2.20. The van der Waals surface area contributed by atoms with Crippen LogP contribution in [0.3, 0.4) is 0 Å². The smallest absolute Gasteiger partial charge is 0.181 e. The molecule has 1 atom stereocenters. The Balaban J connectivity index is 1.61. The fourth-order valence-electron chi connectivity index (χ4n) is 2.33. The van der Waals surface area contributed by atoms with E-state index in [0.717, 1.165) is 29.2 Å². The Morgan fingerprint density at radius 1 is 1.16 bits per heavy atom.